The van der Waals surface area contributed by atoms with Crippen LogP contribution in [-0.2, 0) is 6.18 Å². The summed E-state index contributed by atoms with van der Waals surface area (Å²) in [6.07, 6.45) is -1.79. The summed E-state index contributed by atoms with van der Waals surface area (Å²) in [7, 11) is 0. The predicted octanol–water partition coefficient (Wildman–Crippen LogP) is 2.50. The maximum absolute atomic E-state index is 12.5. The molecule has 2 aromatic heterocycles. The maximum Gasteiger partial charge on any atom is 0.417 e. The minimum absolute atomic E-state index is 0.227. The Morgan fingerprint density at radius 1 is 1.24 bits per heavy atom. The fourth-order valence-electron chi connectivity index (χ4n) is 1.36. The molecule has 0 bridgehead atoms. The number of halogens is 4. The lowest BCUT2D eigenvalue weighted by atomic mass is 10.2. The summed E-state index contributed by atoms with van der Waals surface area (Å²) in [5.74, 6) is -1.69. The van der Waals surface area contributed by atoms with Gasteiger partial charge in [-0.15, -0.1) is 0 Å². The van der Waals surface area contributed by atoms with Crippen molar-refractivity contribution in [2.75, 3.05) is 5.32 Å². The summed E-state index contributed by atoms with van der Waals surface area (Å²) in [6, 6.07) is 0.546. The number of nitrogens with one attached hydrogen (secondary N) is 1. The van der Waals surface area contributed by atoms with Crippen molar-refractivity contribution in [3.63, 3.8) is 0 Å². The molecule has 1 amide bonds. The monoisotopic (exact) mass is 318 g/mol. The number of aromatic hydroxyl groups is 1. The van der Waals surface area contributed by atoms with Gasteiger partial charge in [-0.3, -0.25) is 4.79 Å². The van der Waals surface area contributed by atoms with Gasteiger partial charge in [0.2, 0.25) is 5.88 Å². The van der Waals surface area contributed by atoms with Crippen molar-refractivity contribution in [1.29, 1.82) is 0 Å². The van der Waals surface area contributed by atoms with E-state index < -0.39 is 29.2 Å². The first kappa shape index (κ1) is 15.0. The van der Waals surface area contributed by atoms with Crippen LogP contribution in [0.4, 0.5) is 18.9 Å². The van der Waals surface area contributed by atoms with Gasteiger partial charge in [0.25, 0.3) is 5.91 Å². The van der Waals surface area contributed by atoms with E-state index in [1.54, 1.807) is 0 Å². The van der Waals surface area contributed by atoms with Gasteiger partial charge in [0, 0.05) is 18.6 Å². The van der Waals surface area contributed by atoms with E-state index in [4.69, 9.17) is 11.6 Å². The van der Waals surface area contributed by atoms with Crippen LogP contribution in [0.1, 0.15) is 16.1 Å². The summed E-state index contributed by atoms with van der Waals surface area (Å²) in [4.78, 5) is 22.2. The minimum Gasteiger partial charge on any atom is -0.492 e. The molecular formula is C11H6ClF3N4O2. The molecule has 21 heavy (non-hydrogen) atoms. The van der Waals surface area contributed by atoms with Gasteiger partial charge in [0.05, 0.1) is 5.56 Å². The first-order valence-corrected chi connectivity index (χ1v) is 5.71. The van der Waals surface area contributed by atoms with Crippen LogP contribution in [0.5, 0.6) is 5.88 Å². The number of carbonyl (C=O) groups is 1. The zero-order valence-corrected chi connectivity index (χ0v) is 10.8. The van der Waals surface area contributed by atoms with Crippen molar-refractivity contribution in [1.82, 2.24) is 15.0 Å². The lowest BCUT2D eigenvalue weighted by molar-refractivity contribution is -0.137. The van der Waals surface area contributed by atoms with Gasteiger partial charge in [-0.2, -0.15) is 13.2 Å². The summed E-state index contributed by atoms with van der Waals surface area (Å²) in [6.45, 7) is 0. The fourth-order valence-corrected chi connectivity index (χ4v) is 1.55. The Labute approximate surface area is 120 Å². The fraction of sp³-hybridized carbons (Fsp3) is 0.0909. The highest BCUT2D eigenvalue weighted by Gasteiger charge is 2.32. The van der Waals surface area contributed by atoms with Gasteiger partial charge in [-0.25, -0.2) is 15.0 Å². The number of amides is 1. The SMILES string of the molecule is O=C(Nc1cc(C(F)(F)F)cnc1O)c1nccnc1Cl. The van der Waals surface area contributed by atoms with E-state index in [0.29, 0.717) is 12.3 Å². The Bertz CT molecular complexity index is 693. The molecule has 0 atom stereocenters. The molecule has 0 saturated heterocycles. The van der Waals surface area contributed by atoms with Crippen LogP contribution < -0.4 is 5.32 Å². The number of rotatable bonds is 2. The van der Waals surface area contributed by atoms with Crippen molar-refractivity contribution >= 4 is 23.2 Å². The second-order valence-electron chi connectivity index (χ2n) is 3.74. The molecule has 0 aliphatic rings. The number of anilines is 1. The Kier molecular flexibility index (Phi) is 3.94. The molecule has 0 aromatic carbocycles. The average molecular weight is 319 g/mol. The summed E-state index contributed by atoms with van der Waals surface area (Å²) >= 11 is 5.64. The molecule has 2 N–H and O–H groups in total. The highest BCUT2D eigenvalue weighted by atomic mass is 35.5. The number of hydrogen-bond acceptors (Lipinski definition) is 5. The molecule has 2 rings (SSSR count). The molecule has 6 nitrogen and oxygen atoms in total. The lowest BCUT2D eigenvalue weighted by Crippen LogP contribution is -2.16. The second-order valence-corrected chi connectivity index (χ2v) is 4.10. The van der Waals surface area contributed by atoms with E-state index in [0.717, 1.165) is 0 Å². The molecule has 0 unspecified atom stereocenters. The van der Waals surface area contributed by atoms with Crippen LogP contribution in [0, 0.1) is 0 Å². The van der Waals surface area contributed by atoms with Gasteiger partial charge >= 0.3 is 6.18 Å². The third-order valence-corrected chi connectivity index (χ3v) is 2.59. The van der Waals surface area contributed by atoms with Crippen LogP contribution >= 0.6 is 11.6 Å². The van der Waals surface area contributed by atoms with E-state index in [1.807, 2.05) is 5.32 Å². The Morgan fingerprint density at radius 2 is 1.90 bits per heavy atom. The zero-order chi connectivity index (χ0) is 15.6. The topological polar surface area (TPSA) is 88.0 Å². The number of pyridine rings is 1. The van der Waals surface area contributed by atoms with Gasteiger partial charge < -0.3 is 10.4 Å². The van der Waals surface area contributed by atoms with E-state index in [-0.39, 0.29) is 10.8 Å². The van der Waals surface area contributed by atoms with Gasteiger partial charge in [0.15, 0.2) is 10.8 Å². The number of carbonyl (C=O) groups excluding carboxylic acids is 1. The van der Waals surface area contributed by atoms with Crippen molar-refractivity contribution in [3.8, 4) is 5.88 Å². The van der Waals surface area contributed by atoms with Crippen LogP contribution in [0.25, 0.3) is 0 Å². The largest absolute Gasteiger partial charge is 0.492 e. The smallest absolute Gasteiger partial charge is 0.417 e. The first-order valence-electron chi connectivity index (χ1n) is 5.33. The molecule has 2 aromatic rings. The first-order chi connectivity index (χ1) is 9.79. The Morgan fingerprint density at radius 3 is 2.52 bits per heavy atom. The molecule has 2 heterocycles. The lowest BCUT2D eigenvalue weighted by Gasteiger charge is -2.10. The van der Waals surface area contributed by atoms with Crippen LogP contribution in [0.2, 0.25) is 5.15 Å². The average Bonchev–Trinajstić information content (AvgIpc) is 2.40. The second kappa shape index (κ2) is 5.52. The number of alkyl halides is 3. The van der Waals surface area contributed by atoms with Gasteiger partial charge in [0.1, 0.15) is 5.69 Å². The molecule has 0 saturated carbocycles. The van der Waals surface area contributed by atoms with Crippen LogP contribution in [0.15, 0.2) is 24.7 Å². The standard InChI is InChI=1S/C11H6ClF3N4O2/c12-8-7(16-1-2-17-8)10(21)19-6-3-5(11(13,14)15)4-18-9(6)20/h1-4H,(H,18,20)(H,19,21). The quantitative estimate of drug-likeness (QED) is 0.888. The summed E-state index contributed by atoms with van der Waals surface area (Å²) in [5, 5.41) is 11.2. The van der Waals surface area contributed by atoms with Crippen molar-refractivity contribution in [2.45, 2.75) is 6.18 Å². The molecule has 0 aliphatic carbocycles. The maximum atomic E-state index is 12.5. The van der Waals surface area contributed by atoms with E-state index in [1.165, 1.54) is 12.4 Å². The highest BCUT2D eigenvalue weighted by Crippen LogP contribution is 2.33. The molecule has 0 radical (unpaired) electrons. The van der Waals surface area contributed by atoms with Crippen molar-refractivity contribution in [3.05, 3.63) is 41.1 Å². The van der Waals surface area contributed by atoms with Crippen molar-refractivity contribution in [2.24, 2.45) is 0 Å². The third kappa shape index (κ3) is 3.37. The number of nitrogens with zero attached hydrogens (tertiary/aromatic N) is 3. The molecule has 0 aliphatic heterocycles. The minimum atomic E-state index is -4.66. The van der Waals surface area contributed by atoms with Gasteiger partial charge in [-0.1, -0.05) is 11.6 Å². The third-order valence-electron chi connectivity index (χ3n) is 2.31. The Balaban J connectivity index is 2.31. The zero-order valence-electron chi connectivity index (χ0n) is 10.0. The summed E-state index contributed by atoms with van der Waals surface area (Å²) in [5.41, 5.74) is -1.94. The van der Waals surface area contributed by atoms with Gasteiger partial charge in [-0.05, 0) is 6.07 Å². The van der Waals surface area contributed by atoms with Crippen LogP contribution in [0.3, 0.4) is 0 Å². The van der Waals surface area contributed by atoms with Crippen LogP contribution in [-0.4, -0.2) is 26.0 Å². The highest BCUT2D eigenvalue weighted by molar-refractivity contribution is 6.32. The predicted molar refractivity (Wildman–Crippen MR) is 65.9 cm³/mol. The van der Waals surface area contributed by atoms with E-state index in [2.05, 4.69) is 15.0 Å². The molecule has 0 spiro atoms. The molecular weight excluding hydrogens is 313 g/mol. The summed E-state index contributed by atoms with van der Waals surface area (Å²) < 4.78 is 37.6. The van der Waals surface area contributed by atoms with E-state index in [9.17, 15) is 23.1 Å². The number of hydrogen-bond donors (Lipinski definition) is 2. The number of aromatic nitrogens is 3. The normalized spacial score (nSPS) is 11.2. The molecule has 110 valence electrons. The molecule has 10 heteroatoms. The van der Waals surface area contributed by atoms with E-state index >= 15 is 0 Å². The molecule has 0 fully saturated rings. The van der Waals surface area contributed by atoms with Crippen molar-refractivity contribution < 1.29 is 23.1 Å². The Hall–Kier alpha value is -2.42.